The van der Waals surface area contributed by atoms with Gasteiger partial charge in [-0.05, 0) is 49.2 Å². The van der Waals surface area contributed by atoms with Crippen LogP contribution in [0, 0.1) is 0 Å². The molecular weight excluding hydrogens is 460 g/mol. The van der Waals surface area contributed by atoms with Crippen LogP contribution in [0.4, 0.5) is 28.1 Å². The number of benzene rings is 1. The van der Waals surface area contributed by atoms with Crippen LogP contribution in [-0.4, -0.2) is 77.6 Å². The number of anilines is 4. The smallest absolute Gasteiger partial charge is 0.323 e. The number of aromatic nitrogens is 4. The Hall–Kier alpha value is -3.83. The standard InChI is InChI=1S/C25H28N8O3/c34-25(28-19-7-9-26-10-8-19)27-18-3-1-17(2-4-18)22-29-23(32-11-13-35-14-12-32)31-24(30-22)33-15-20-5-6-21(16-33)36-20/h1-4,7-10,20-21H,5-6,11-16H2,(H2,26,27,28,34). The van der Waals surface area contributed by atoms with Crippen LogP contribution in [0.1, 0.15) is 12.8 Å². The van der Waals surface area contributed by atoms with Crippen molar-refractivity contribution in [3.8, 4) is 11.4 Å². The maximum atomic E-state index is 12.3. The first-order valence-corrected chi connectivity index (χ1v) is 12.3. The lowest BCUT2D eigenvalue weighted by Crippen LogP contribution is -2.44. The molecule has 2 bridgehead atoms. The van der Waals surface area contributed by atoms with E-state index in [2.05, 4.69) is 25.4 Å². The molecule has 186 valence electrons. The van der Waals surface area contributed by atoms with Crippen LogP contribution in [0.5, 0.6) is 0 Å². The number of amides is 2. The average molecular weight is 489 g/mol. The van der Waals surface area contributed by atoms with E-state index in [1.165, 1.54) is 0 Å². The molecule has 2 amide bonds. The Kier molecular flexibility index (Phi) is 6.31. The van der Waals surface area contributed by atoms with Crippen molar-refractivity contribution < 1.29 is 14.3 Å². The Morgan fingerprint density at radius 1 is 0.806 bits per heavy atom. The Bertz CT molecular complexity index is 1190. The second-order valence-electron chi connectivity index (χ2n) is 9.11. The van der Waals surface area contributed by atoms with Crippen molar-refractivity contribution in [1.29, 1.82) is 0 Å². The topological polar surface area (TPSA) is 118 Å². The van der Waals surface area contributed by atoms with Gasteiger partial charge in [-0.15, -0.1) is 0 Å². The fraction of sp³-hybridized carbons (Fsp3) is 0.400. The van der Waals surface area contributed by atoms with Gasteiger partial charge in [0.15, 0.2) is 5.82 Å². The van der Waals surface area contributed by atoms with E-state index < -0.39 is 0 Å². The highest BCUT2D eigenvalue weighted by Gasteiger charge is 2.35. The van der Waals surface area contributed by atoms with Crippen molar-refractivity contribution in [2.45, 2.75) is 25.0 Å². The number of pyridine rings is 1. The number of hydrogen-bond donors (Lipinski definition) is 2. The summed E-state index contributed by atoms with van der Waals surface area (Å²) in [6.45, 7) is 4.37. The maximum absolute atomic E-state index is 12.3. The summed E-state index contributed by atoms with van der Waals surface area (Å²) in [7, 11) is 0. The summed E-state index contributed by atoms with van der Waals surface area (Å²) in [5.74, 6) is 1.95. The molecule has 36 heavy (non-hydrogen) atoms. The largest absolute Gasteiger partial charge is 0.378 e. The minimum Gasteiger partial charge on any atom is -0.378 e. The van der Waals surface area contributed by atoms with Crippen LogP contribution in [0.15, 0.2) is 48.8 Å². The third kappa shape index (κ3) is 5.07. The molecular formula is C25H28N8O3. The molecule has 5 heterocycles. The summed E-state index contributed by atoms with van der Waals surface area (Å²) in [5.41, 5.74) is 2.19. The Labute approximate surface area is 208 Å². The molecule has 3 aromatic rings. The van der Waals surface area contributed by atoms with Gasteiger partial charge in [0.1, 0.15) is 0 Å². The van der Waals surface area contributed by atoms with Crippen LogP contribution >= 0.6 is 0 Å². The number of hydrogen-bond acceptors (Lipinski definition) is 9. The summed E-state index contributed by atoms with van der Waals surface area (Å²) in [6, 6.07) is 10.6. The number of urea groups is 1. The lowest BCUT2D eigenvalue weighted by atomic mass is 10.2. The first-order valence-electron chi connectivity index (χ1n) is 12.3. The van der Waals surface area contributed by atoms with Gasteiger partial charge in [0.25, 0.3) is 0 Å². The third-order valence-corrected chi connectivity index (χ3v) is 6.57. The highest BCUT2D eigenvalue weighted by molar-refractivity contribution is 5.99. The van der Waals surface area contributed by atoms with Gasteiger partial charge in [-0.1, -0.05) is 0 Å². The summed E-state index contributed by atoms with van der Waals surface area (Å²) < 4.78 is 11.5. The molecule has 0 spiro atoms. The molecule has 0 aliphatic carbocycles. The quantitative estimate of drug-likeness (QED) is 0.559. The van der Waals surface area contributed by atoms with Gasteiger partial charge < -0.3 is 29.9 Å². The number of fused-ring (bicyclic) bond motifs is 2. The Balaban J connectivity index is 1.23. The van der Waals surface area contributed by atoms with Gasteiger partial charge in [0.05, 0.1) is 25.4 Å². The minimum absolute atomic E-state index is 0.236. The zero-order valence-electron chi connectivity index (χ0n) is 19.8. The van der Waals surface area contributed by atoms with E-state index in [9.17, 15) is 4.79 Å². The first kappa shape index (κ1) is 22.6. The van der Waals surface area contributed by atoms with E-state index in [4.69, 9.17) is 24.4 Å². The van der Waals surface area contributed by atoms with E-state index in [1.807, 2.05) is 24.3 Å². The number of ether oxygens (including phenoxy) is 2. The number of carbonyl (C=O) groups is 1. The molecule has 0 radical (unpaired) electrons. The molecule has 2 aromatic heterocycles. The lowest BCUT2D eigenvalue weighted by Gasteiger charge is -2.33. The van der Waals surface area contributed by atoms with E-state index in [0.717, 1.165) is 44.6 Å². The van der Waals surface area contributed by atoms with Gasteiger partial charge in [0, 0.05) is 55.5 Å². The summed E-state index contributed by atoms with van der Waals surface area (Å²) >= 11 is 0. The number of morpholine rings is 2. The highest BCUT2D eigenvalue weighted by atomic mass is 16.5. The fourth-order valence-corrected chi connectivity index (χ4v) is 4.74. The summed E-state index contributed by atoms with van der Waals surface area (Å²) in [5, 5.41) is 5.63. The van der Waals surface area contributed by atoms with Crippen molar-refractivity contribution >= 4 is 29.3 Å². The van der Waals surface area contributed by atoms with E-state index in [0.29, 0.717) is 42.3 Å². The van der Waals surface area contributed by atoms with Gasteiger partial charge in [-0.25, -0.2) is 4.79 Å². The van der Waals surface area contributed by atoms with Crippen LogP contribution in [0.2, 0.25) is 0 Å². The molecule has 2 atom stereocenters. The number of nitrogens with zero attached hydrogens (tertiary/aromatic N) is 6. The molecule has 2 N–H and O–H groups in total. The second-order valence-corrected chi connectivity index (χ2v) is 9.11. The van der Waals surface area contributed by atoms with Crippen molar-refractivity contribution in [3.63, 3.8) is 0 Å². The van der Waals surface area contributed by atoms with Crippen LogP contribution < -0.4 is 20.4 Å². The maximum Gasteiger partial charge on any atom is 0.323 e. The van der Waals surface area contributed by atoms with Crippen molar-refractivity contribution in [1.82, 2.24) is 19.9 Å². The molecule has 3 aliphatic rings. The van der Waals surface area contributed by atoms with E-state index >= 15 is 0 Å². The average Bonchev–Trinajstić information content (AvgIpc) is 3.27. The predicted octanol–water partition coefficient (Wildman–Crippen LogP) is 2.78. The fourth-order valence-electron chi connectivity index (χ4n) is 4.74. The number of nitrogens with one attached hydrogen (secondary N) is 2. The van der Waals surface area contributed by atoms with Gasteiger partial charge in [0.2, 0.25) is 11.9 Å². The van der Waals surface area contributed by atoms with Gasteiger partial charge in [-0.3, -0.25) is 4.98 Å². The predicted molar refractivity (Wildman–Crippen MR) is 135 cm³/mol. The molecule has 6 rings (SSSR count). The molecule has 2 unspecified atom stereocenters. The monoisotopic (exact) mass is 488 g/mol. The van der Waals surface area contributed by atoms with Gasteiger partial charge in [-0.2, -0.15) is 15.0 Å². The summed E-state index contributed by atoms with van der Waals surface area (Å²) in [4.78, 5) is 35.2. The van der Waals surface area contributed by atoms with Crippen molar-refractivity contribution in [2.24, 2.45) is 0 Å². The number of rotatable bonds is 5. The van der Waals surface area contributed by atoms with E-state index in [-0.39, 0.29) is 18.2 Å². The highest BCUT2D eigenvalue weighted by Crippen LogP contribution is 2.30. The molecule has 3 fully saturated rings. The zero-order chi connectivity index (χ0) is 24.3. The molecule has 0 saturated carbocycles. The second kappa shape index (κ2) is 10.0. The molecule has 3 saturated heterocycles. The first-order chi connectivity index (χ1) is 17.7. The Morgan fingerprint density at radius 2 is 1.42 bits per heavy atom. The van der Waals surface area contributed by atoms with Crippen molar-refractivity contribution in [2.75, 3.05) is 59.8 Å². The number of carbonyl (C=O) groups excluding carboxylic acids is 1. The molecule has 3 aliphatic heterocycles. The van der Waals surface area contributed by atoms with Crippen LogP contribution in [0.25, 0.3) is 11.4 Å². The summed E-state index contributed by atoms with van der Waals surface area (Å²) in [6.07, 6.45) is 5.89. The molecule has 11 nitrogen and oxygen atoms in total. The normalized spacial score (nSPS) is 21.3. The molecule has 11 heteroatoms. The minimum atomic E-state index is -0.326. The van der Waals surface area contributed by atoms with E-state index in [1.54, 1.807) is 24.5 Å². The van der Waals surface area contributed by atoms with Crippen LogP contribution in [-0.2, 0) is 9.47 Å². The van der Waals surface area contributed by atoms with Crippen molar-refractivity contribution in [3.05, 3.63) is 48.8 Å². The van der Waals surface area contributed by atoms with Crippen LogP contribution in [0.3, 0.4) is 0 Å². The third-order valence-electron chi connectivity index (χ3n) is 6.57. The zero-order valence-corrected chi connectivity index (χ0v) is 19.8. The van der Waals surface area contributed by atoms with Gasteiger partial charge >= 0.3 is 6.03 Å². The SMILES string of the molecule is O=C(Nc1ccncc1)Nc1ccc(-c2nc(N3CCOCC3)nc(N3CC4CCC(C3)O4)n2)cc1. The lowest BCUT2D eigenvalue weighted by molar-refractivity contribution is 0.0299. The Morgan fingerprint density at radius 3 is 2.08 bits per heavy atom. The molecule has 1 aromatic carbocycles.